The fourth-order valence-corrected chi connectivity index (χ4v) is 9.10. The number of halogens is 1. The number of hydrogen-bond donors (Lipinski definition) is 0. The van der Waals surface area contributed by atoms with E-state index in [2.05, 4.69) is 0 Å². The molecule has 8 heteroatoms. The van der Waals surface area contributed by atoms with Crippen molar-refractivity contribution < 1.29 is 23.1 Å². The molecule has 0 rings (SSSR count). The van der Waals surface area contributed by atoms with E-state index in [1.165, 1.54) is 35.5 Å². The molecule has 0 N–H and O–H groups in total. The van der Waals surface area contributed by atoms with Gasteiger partial charge < -0.3 is 23.1 Å². The summed E-state index contributed by atoms with van der Waals surface area (Å²) in [6, 6.07) is 0. The minimum Gasteiger partial charge on any atom is -0.395 e. The molecule has 0 aliphatic heterocycles. The van der Waals surface area contributed by atoms with E-state index >= 15 is 0 Å². The Morgan fingerprint density at radius 3 is 1.36 bits per heavy atom. The van der Waals surface area contributed by atoms with E-state index in [1.807, 2.05) is 0 Å². The standard InChI is InChI=1S/C6H17ClO5Si2/c1-8-6(9-2,10-3)14(11-4,12-5)13-7/h13H2,1-5H3. The summed E-state index contributed by atoms with van der Waals surface area (Å²) in [5.41, 5.74) is -1.29. The Bertz CT molecular complexity index is 128. The van der Waals surface area contributed by atoms with Gasteiger partial charge in [-0.2, -0.15) is 11.1 Å². The fourth-order valence-electron chi connectivity index (χ4n) is 1.24. The van der Waals surface area contributed by atoms with Crippen LogP contribution in [0.2, 0.25) is 0 Å². The molecule has 0 bridgehead atoms. The average molecular weight is 261 g/mol. The van der Waals surface area contributed by atoms with Gasteiger partial charge in [-0.15, -0.1) is 0 Å². The maximum Gasteiger partial charge on any atom is 0.426 e. The van der Waals surface area contributed by atoms with Gasteiger partial charge >= 0.3 is 13.7 Å². The highest BCUT2D eigenvalue weighted by atomic mass is 35.6. The zero-order valence-corrected chi connectivity index (χ0v) is 12.3. The third-order valence-corrected chi connectivity index (χ3v) is 12.6. The normalized spacial score (nSPS) is 14.1. The van der Waals surface area contributed by atoms with Crippen molar-refractivity contribution in [2.45, 2.75) is 5.60 Å². The second-order valence-corrected chi connectivity index (χ2v) is 11.7. The molecule has 0 heterocycles. The van der Waals surface area contributed by atoms with Crippen molar-refractivity contribution in [3.8, 4) is 0 Å². The number of ether oxygens (including phenoxy) is 3. The van der Waals surface area contributed by atoms with Crippen LogP contribution in [-0.2, 0) is 23.1 Å². The van der Waals surface area contributed by atoms with Gasteiger partial charge in [0.1, 0.15) is 0 Å². The molecule has 86 valence electrons. The van der Waals surface area contributed by atoms with Crippen LogP contribution in [-0.4, -0.2) is 57.6 Å². The number of hydrogen-bond acceptors (Lipinski definition) is 5. The zero-order valence-electron chi connectivity index (χ0n) is 9.13. The molecule has 0 spiro atoms. The van der Waals surface area contributed by atoms with Crippen molar-refractivity contribution in [3.63, 3.8) is 0 Å². The predicted molar refractivity (Wildman–Crippen MR) is 57.9 cm³/mol. The van der Waals surface area contributed by atoms with Crippen LogP contribution in [0.5, 0.6) is 0 Å². The lowest BCUT2D eigenvalue weighted by Gasteiger charge is -2.40. The maximum absolute atomic E-state index is 5.96. The first kappa shape index (κ1) is 14.5. The third-order valence-electron chi connectivity index (χ3n) is 2.11. The number of methoxy groups -OCH3 is 3. The third kappa shape index (κ3) is 2.20. The summed E-state index contributed by atoms with van der Waals surface area (Å²) < 4.78 is 26.3. The molecular formula is C6H17ClO5Si2. The largest absolute Gasteiger partial charge is 0.426 e. The summed E-state index contributed by atoms with van der Waals surface area (Å²) in [6.45, 7) is 0. The Balaban J connectivity index is 5.08. The maximum atomic E-state index is 5.96. The van der Waals surface area contributed by atoms with Gasteiger partial charge in [-0.05, 0) is 0 Å². The molecule has 0 aromatic carbocycles. The second kappa shape index (κ2) is 6.18. The Labute approximate surface area is 92.1 Å². The van der Waals surface area contributed by atoms with Gasteiger partial charge in [0.2, 0.25) is 0 Å². The van der Waals surface area contributed by atoms with Crippen molar-refractivity contribution in [3.05, 3.63) is 0 Å². The number of rotatable bonds is 7. The topological polar surface area (TPSA) is 46.2 Å². The molecule has 0 radical (unpaired) electrons. The molecule has 0 atom stereocenters. The van der Waals surface area contributed by atoms with Gasteiger partial charge in [0, 0.05) is 35.5 Å². The van der Waals surface area contributed by atoms with Crippen LogP contribution in [0, 0.1) is 0 Å². The molecule has 0 aliphatic rings. The Morgan fingerprint density at radius 2 is 1.29 bits per heavy atom. The first-order valence-corrected chi connectivity index (χ1v) is 10.2. The quantitative estimate of drug-likeness (QED) is 0.357. The van der Waals surface area contributed by atoms with Gasteiger partial charge in [-0.25, -0.2) is 0 Å². The van der Waals surface area contributed by atoms with Crippen molar-refractivity contribution in [2.75, 3.05) is 35.5 Å². The van der Waals surface area contributed by atoms with E-state index in [1.54, 1.807) is 0 Å². The minimum atomic E-state index is -2.76. The van der Waals surface area contributed by atoms with Crippen molar-refractivity contribution in [1.29, 1.82) is 0 Å². The lowest BCUT2D eigenvalue weighted by molar-refractivity contribution is -0.313. The Morgan fingerprint density at radius 1 is 0.929 bits per heavy atom. The molecule has 0 aromatic heterocycles. The summed E-state index contributed by atoms with van der Waals surface area (Å²) in [4.78, 5) is 0. The second-order valence-electron chi connectivity index (χ2n) is 2.46. The summed E-state index contributed by atoms with van der Waals surface area (Å²) in [5, 5.41) is 0. The monoisotopic (exact) mass is 260 g/mol. The molecule has 0 saturated heterocycles. The molecule has 5 nitrogen and oxygen atoms in total. The molecule has 14 heavy (non-hydrogen) atoms. The van der Waals surface area contributed by atoms with E-state index in [4.69, 9.17) is 34.1 Å². The van der Waals surface area contributed by atoms with Crippen LogP contribution in [0.25, 0.3) is 0 Å². The lowest BCUT2D eigenvalue weighted by Crippen LogP contribution is -2.68. The zero-order chi connectivity index (χ0) is 11.2. The summed E-state index contributed by atoms with van der Waals surface area (Å²) in [6.07, 6.45) is 0. The SMILES string of the molecule is COC(OC)(OC)[Si](OC)(OC)[SiH2]Cl. The average Bonchev–Trinajstić information content (AvgIpc) is 2.27. The van der Waals surface area contributed by atoms with Crippen LogP contribution < -0.4 is 0 Å². The van der Waals surface area contributed by atoms with Crippen LogP contribution in [0.15, 0.2) is 0 Å². The Kier molecular flexibility index (Phi) is 6.41. The van der Waals surface area contributed by atoms with Gasteiger partial charge in [0.05, 0.1) is 0 Å². The molecule has 0 fully saturated rings. The lowest BCUT2D eigenvalue weighted by atomic mass is 11.1. The van der Waals surface area contributed by atoms with E-state index in [0.29, 0.717) is 0 Å². The van der Waals surface area contributed by atoms with Crippen LogP contribution >= 0.6 is 11.1 Å². The van der Waals surface area contributed by atoms with E-state index in [-0.39, 0.29) is 0 Å². The molecule has 0 unspecified atom stereocenters. The first-order valence-electron chi connectivity index (χ1n) is 3.93. The van der Waals surface area contributed by atoms with Gasteiger partial charge in [0.15, 0.2) is 8.35 Å². The smallest absolute Gasteiger partial charge is 0.395 e. The van der Waals surface area contributed by atoms with Crippen molar-refractivity contribution in [2.24, 2.45) is 0 Å². The van der Waals surface area contributed by atoms with E-state index < -0.39 is 22.0 Å². The van der Waals surface area contributed by atoms with E-state index in [9.17, 15) is 0 Å². The van der Waals surface area contributed by atoms with Gasteiger partial charge in [-0.1, -0.05) is 0 Å². The summed E-state index contributed by atoms with van der Waals surface area (Å²) >= 11 is 5.96. The molecular weight excluding hydrogens is 244 g/mol. The van der Waals surface area contributed by atoms with Crippen LogP contribution in [0.4, 0.5) is 0 Å². The fraction of sp³-hybridized carbons (Fsp3) is 1.00. The highest BCUT2D eigenvalue weighted by Crippen LogP contribution is 2.27. The summed E-state index contributed by atoms with van der Waals surface area (Å²) in [7, 11) is 3.56. The summed E-state index contributed by atoms with van der Waals surface area (Å²) in [5.74, 6) is 0. The first-order chi connectivity index (χ1) is 6.61. The van der Waals surface area contributed by atoms with Gasteiger partial charge in [0.25, 0.3) is 0 Å². The van der Waals surface area contributed by atoms with Crippen molar-refractivity contribution in [1.82, 2.24) is 0 Å². The van der Waals surface area contributed by atoms with E-state index in [0.717, 1.165) is 0 Å². The molecule has 0 saturated carbocycles. The van der Waals surface area contributed by atoms with Crippen molar-refractivity contribution >= 4 is 27.5 Å². The minimum absolute atomic E-state index is 1.12. The van der Waals surface area contributed by atoms with Gasteiger partial charge in [-0.3, -0.25) is 0 Å². The molecule has 0 aromatic rings. The van der Waals surface area contributed by atoms with Crippen LogP contribution in [0.1, 0.15) is 0 Å². The Hall–Kier alpha value is 0.524. The predicted octanol–water partition coefficient (Wildman–Crippen LogP) is -0.327. The molecule has 0 aliphatic carbocycles. The highest BCUT2D eigenvalue weighted by molar-refractivity contribution is 7.37. The highest BCUT2D eigenvalue weighted by Gasteiger charge is 2.60. The van der Waals surface area contributed by atoms with Crippen LogP contribution in [0.3, 0.4) is 0 Å². The molecule has 0 amide bonds.